The van der Waals surface area contributed by atoms with Gasteiger partial charge in [0.25, 0.3) is 5.91 Å². The summed E-state index contributed by atoms with van der Waals surface area (Å²) in [6, 6.07) is 18.5. The summed E-state index contributed by atoms with van der Waals surface area (Å²) in [5.74, 6) is 1.06. The first kappa shape index (κ1) is 13.4. The molecule has 1 N–H and O–H groups in total. The van der Waals surface area contributed by atoms with Gasteiger partial charge < -0.3 is 10.1 Å². The molecule has 3 nitrogen and oxygen atoms in total. The first-order valence-corrected chi connectivity index (χ1v) is 7.43. The van der Waals surface area contributed by atoms with Crippen molar-refractivity contribution in [3.8, 4) is 11.5 Å². The molecule has 3 rings (SSSR count). The lowest BCUT2D eigenvalue weighted by molar-refractivity contribution is 0.102. The molecule has 3 aromatic rings. The molecule has 0 saturated carbocycles. The Balaban J connectivity index is 1.84. The summed E-state index contributed by atoms with van der Waals surface area (Å²) in [6.07, 6.45) is 0. The van der Waals surface area contributed by atoms with E-state index in [1.165, 1.54) is 11.3 Å². The number of para-hydroxylation sites is 2. The molecule has 21 heavy (non-hydrogen) atoms. The van der Waals surface area contributed by atoms with Crippen LogP contribution in [0.3, 0.4) is 0 Å². The molecule has 0 fully saturated rings. The molecule has 0 unspecified atom stereocenters. The van der Waals surface area contributed by atoms with Crippen LogP contribution in [0.1, 0.15) is 10.4 Å². The Hall–Kier alpha value is -2.59. The van der Waals surface area contributed by atoms with Crippen molar-refractivity contribution in [3.63, 3.8) is 0 Å². The summed E-state index contributed by atoms with van der Waals surface area (Å²) in [5, 5.41) is 6.66. The highest BCUT2D eigenvalue weighted by Crippen LogP contribution is 2.26. The van der Waals surface area contributed by atoms with Gasteiger partial charge in [0, 0.05) is 5.38 Å². The zero-order chi connectivity index (χ0) is 14.5. The Bertz CT molecular complexity index is 724. The van der Waals surface area contributed by atoms with Crippen molar-refractivity contribution in [2.24, 2.45) is 0 Å². The molecule has 1 heterocycles. The summed E-state index contributed by atoms with van der Waals surface area (Å²) >= 11 is 1.54. The maximum absolute atomic E-state index is 12.3. The summed E-state index contributed by atoms with van der Waals surface area (Å²) in [6.45, 7) is 0. The highest BCUT2D eigenvalue weighted by Gasteiger charge is 2.13. The quantitative estimate of drug-likeness (QED) is 0.751. The van der Waals surface area contributed by atoms with Gasteiger partial charge in [-0.05, 0) is 35.7 Å². The molecule has 2 aromatic carbocycles. The van der Waals surface area contributed by atoms with Crippen LogP contribution in [0.15, 0.2) is 71.4 Å². The molecule has 0 aliphatic heterocycles. The normalized spacial score (nSPS) is 10.1. The van der Waals surface area contributed by atoms with Gasteiger partial charge in [0.05, 0.1) is 11.3 Å². The average molecular weight is 295 g/mol. The van der Waals surface area contributed by atoms with E-state index in [1.54, 1.807) is 12.1 Å². The predicted octanol–water partition coefficient (Wildman–Crippen LogP) is 4.79. The number of rotatable bonds is 4. The third kappa shape index (κ3) is 3.30. The Morgan fingerprint density at radius 2 is 1.71 bits per heavy atom. The van der Waals surface area contributed by atoms with Gasteiger partial charge in [0.2, 0.25) is 0 Å². The van der Waals surface area contributed by atoms with Crippen molar-refractivity contribution in [1.29, 1.82) is 0 Å². The molecular formula is C17H13NO2S. The van der Waals surface area contributed by atoms with Crippen molar-refractivity contribution in [1.82, 2.24) is 0 Å². The van der Waals surface area contributed by atoms with E-state index in [1.807, 2.05) is 59.3 Å². The Morgan fingerprint density at radius 1 is 0.952 bits per heavy atom. The molecule has 1 amide bonds. The van der Waals surface area contributed by atoms with Gasteiger partial charge in [-0.1, -0.05) is 30.3 Å². The minimum absolute atomic E-state index is 0.181. The highest BCUT2D eigenvalue weighted by molar-refractivity contribution is 7.08. The molecule has 0 spiro atoms. The van der Waals surface area contributed by atoms with Crippen LogP contribution in [0.2, 0.25) is 0 Å². The molecule has 0 aliphatic carbocycles. The Labute approximate surface area is 126 Å². The van der Waals surface area contributed by atoms with Crippen LogP contribution in [-0.4, -0.2) is 5.91 Å². The summed E-state index contributed by atoms with van der Waals surface area (Å²) in [4.78, 5) is 12.3. The molecule has 0 radical (unpaired) electrons. The van der Waals surface area contributed by atoms with Crippen LogP contribution in [0.25, 0.3) is 0 Å². The lowest BCUT2D eigenvalue weighted by Crippen LogP contribution is -2.12. The zero-order valence-corrected chi connectivity index (χ0v) is 12.0. The molecule has 104 valence electrons. The fourth-order valence-corrected chi connectivity index (χ4v) is 2.48. The SMILES string of the molecule is O=C(Nc1ccsc1)c1ccccc1Oc1ccccc1. The van der Waals surface area contributed by atoms with E-state index >= 15 is 0 Å². The van der Waals surface area contributed by atoms with Gasteiger partial charge in [-0.3, -0.25) is 4.79 Å². The van der Waals surface area contributed by atoms with Crippen LogP contribution in [0.5, 0.6) is 11.5 Å². The van der Waals surface area contributed by atoms with Crippen LogP contribution in [0, 0.1) is 0 Å². The average Bonchev–Trinajstić information content (AvgIpc) is 3.02. The molecule has 1 aromatic heterocycles. The van der Waals surface area contributed by atoms with Gasteiger partial charge in [0.15, 0.2) is 0 Å². The van der Waals surface area contributed by atoms with Gasteiger partial charge in [-0.25, -0.2) is 0 Å². The van der Waals surface area contributed by atoms with E-state index in [2.05, 4.69) is 5.32 Å². The molecule has 0 aliphatic rings. The van der Waals surface area contributed by atoms with E-state index in [9.17, 15) is 4.79 Å². The minimum Gasteiger partial charge on any atom is -0.457 e. The first-order valence-electron chi connectivity index (χ1n) is 6.48. The summed E-state index contributed by atoms with van der Waals surface area (Å²) in [7, 11) is 0. The van der Waals surface area contributed by atoms with Crippen LogP contribution in [0.4, 0.5) is 5.69 Å². The van der Waals surface area contributed by atoms with Gasteiger partial charge in [-0.2, -0.15) is 11.3 Å². The number of ether oxygens (including phenoxy) is 1. The minimum atomic E-state index is -0.181. The topological polar surface area (TPSA) is 38.3 Å². The molecule has 4 heteroatoms. The van der Waals surface area contributed by atoms with Crippen molar-refractivity contribution < 1.29 is 9.53 Å². The van der Waals surface area contributed by atoms with E-state index in [4.69, 9.17) is 4.74 Å². The second-order valence-electron chi connectivity index (χ2n) is 4.38. The number of amides is 1. The fourth-order valence-electron chi connectivity index (χ4n) is 1.89. The molecular weight excluding hydrogens is 282 g/mol. The second-order valence-corrected chi connectivity index (χ2v) is 5.16. The van der Waals surface area contributed by atoms with E-state index in [0.717, 1.165) is 5.69 Å². The molecule has 0 atom stereocenters. The lowest BCUT2D eigenvalue weighted by atomic mass is 10.2. The summed E-state index contributed by atoms with van der Waals surface area (Å²) < 4.78 is 5.79. The van der Waals surface area contributed by atoms with Crippen molar-refractivity contribution in [2.45, 2.75) is 0 Å². The molecule has 0 bridgehead atoms. The smallest absolute Gasteiger partial charge is 0.259 e. The van der Waals surface area contributed by atoms with Gasteiger partial charge >= 0.3 is 0 Å². The number of carbonyl (C=O) groups excluding carboxylic acids is 1. The zero-order valence-electron chi connectivity index (χ0n) is 11.2. The number of nitrogens with one attached hydrogen (secondary N) is 1. The van der Waals surface area contributed by atoms with E-state index in [-0.39, 0.29) is 5.91 Å². The monoisotopic (exact) mass is 295 g/mol. The third-order valence-corrected chi connectivity index (χ3v) is 3.56. The largest absolute Gasteiger partial charge is 0.457 e. The number of carbonyl (C=O) groups is 1. The van der Waals surface area contributed by atoms with E-state index in [0.29, 0.717) is 17.1 Å². The van der Waals surface area contributed by atoms with E-state index < -0.39 is 0 Å². The number of benzene rings is 2. The lowest BCUT2D eigenvalue weighted by Gasteiger charge is -2.10. The second kappa shape index (κ2) is 6.24. The number of anilines is 1. The van der Waals surface area contributed by atoms with Crippen LogP contribution in [-0.2, 0) is 0 Å². The van der Waals surface area contributed by atoms with Crippen molar-refractivity contribution >= 4 is 22.9 Å². The van der Waals surface area contributed by atoms with Crippen LogP contribution < -0.4 is 10.1 Å². The number of thiophene rings is 1. The Morgan fingerprint density at radius 3 is 2.48 bits per heavy atom. The summed E-state index contributed by atoms with van der Waals surface area (Å²) in [5.41, 5.74) is 1.30. The first-order chi connectivity index (χ1) is 10.3. The van der Waals surface area contributed by atoms with Crippen LogP contribution >= 0.6 is 11.3 Å². The van der Waals surface area contributed by atoms with Gasteiger partial charge in [-0.15, -0.1) is 0 Å². The number of hydrogen-bond acceptors (Lipinski definition) is 3. The molecule has 0 saturated heterocycles. The van der Waals surface area contributed by atoms with Crippen molar-refractivity contribution in [2.75, 3.05) is 5.32 Å². The fraction of sp³-hybridized carbons (Fsp3) is 0. The predicted molar refractivity (Wildman–Crippen MR) is 85.2 cm³/mol. The Kier molecular flexibility index (Phi) is 3.98. The number of hydrogen-bond donors (Lipinski definition) is 1. The maximum atomic E-state index is 12.3. The van der Waals surface area contributed by atoms with Gasteiger partial charge in [0.1, 0.15) is 11.5 Å². The standard InChI is InChI=1S/C17H13NO2S/c19-17(18-13-10-11-21-12-13)15-8-4-5-9-16(15)20-14-6-2-1-3-7-14/h1-12H,(H,18,19). The highest BCUT2D eigenvalue weighted by atomic mass is 32.1. The van der Waals surface area contributed by atoms with Crippen molar-refractivity contribution in [3.05, 3.63) is 77.0 Å². The third-order valence-electron chi connectivity index (χ3n) is 2.88. The maximum Gasteiger partial charge on any atom is 0.259 e.